The number of carbonyl (C=O) groups excluding carboxylic acids is 1. The third-order valence-corrected chi connectivity index (χ3v) is 2.85. The van der Waals surface area contributed by atoms with Crippen LogP contribution in [0.3, 0.4) is 0 Å². The molecule has 1 rings (SSSR count). The van der Waals surface area contributed by atoms with E-state index < -0.39 is 6.10 Å². The van der Waals surface area contributed by atoms with Gasteiger partial charge in [0.2, 0.25) is 0 Å². The van der Waals surface area contributed by atoms with Crippen molar-refractivity contribution in [2.24, 2.45) is 0 Å². The third-order valence-electron chi connectivity index (χ3n) is 2.32. The molecule has 1 N–H and O–H groups in total. The zero-order valence-electron chi connectivity index (χ0n) is 10.6. The van der Waals surface area contributed by atoms with Gasteiger partial charge >= 0.3 is 0 Å². The molecule has 1 atom stereocenters. The van der Waals surface area contributed by atoms with Crippen molar-refractivity contribution in [3.63, 3.8) is 0 Å². The van der Waals surface area contributed by atoms with E-state index in [1.165, 1.54) is 0 Å². The van der Waals surface area contributed by atoms with E-state index >= 15 is 0 Å². The Labute approximate surface area is 116 Å². The summed E-state index contributed by atoms with van der Waals surface area (Å²) in [4.78, 5) is 11.7. The molecule has 5 heteroatoms. The Balaban J connectivity index is 2.33. The standard InChI is InChI=1S/C13H18BrNO3/c1-10(13(16)15-8-3-9-17-2)18-12-6-4-11(14)5-7-12/h4-7,10H,3,8-9H2,1-2H3,(H,15,16)/t10-/m0/s1. The lowest BCUT2D eigenvalue weighted by Crippen LogP contribution is -2.37. The van der Waals surface area contributed by atoms with Crippen LogP contribution in [0, 0.1) is 0 Å². The number of carbonyl (C=O) groups is 1. The minimum atomic E-state index is -0.506. The number of halogens is 1. The molecule has 1 amide bonds. The number of hydrogen-bond donors (Lipinski definition) is 1. The molecule has 1 aromatic rings. The molecule has 0 aromatic heterocycles. The average molecular weight is 316 g/mol. The molecule has 0 unspecified atom stereocenters. The van der Waals surface area contributed by atoms with Crippen molar-refractivity contribution in [3.05, 3.63) is 28.7 Å². The van der Waals surface area contributed by atoms with E-state index in [-0.39, 0.29) is 5.91 Å². The molecular weight excluding hydrogens is 298 g/mol. The fraction of sp³-hybridized carbons (Fsp3) is 0.462. The summed E-state index contributed by atoms with van der Waals surface area (Å²) in [5.74, 6) is 0.562. The minimum absolute atomic E-state index is 0.117. The predicted octanol–water partition coefficient (Wildman–Crippen LogP) is 2.37. The summed E-state index contributed by atoms with van der Waals surface area (Å²) in [5.41, 5.74) is 0. The number of methoxy groups -OCH3 is 1. The highest BCUT2D eigenvalue weighted by Crippen LogP contribution is 2.17. The van der Waals surface area contributed by atoms with E-state index in [1.54, 1.807) is 14.0 Å². The van der Waals surface area contributed by atoms with Gasteiger partial charge in [0.15, 0.2) is 6.10 Å². The van der Waals surface area contributed by atoms with Crippen LogP contribution in [0.5, 0.6) is 5.75 Å². The maximum atomic E-state index is 11.7. The fourth-order valence-electron chi connectivity index (χ4n) is 1.34. The first-order valence-corrected chi connectivity index (χ1v) is 6.61. The Bertz CT molecular complexity index is 367. The highest BCUT2D eigenvalue weighted by Gasteiger charge is 2.13. The van der Waals surface area contributed by atoms with Gasteiger partial charge in [0, 0.05) is 24.7 Å². The monoisotopic (exact) mass is 315 g/mol. The summed E-state index contributed by atoms with van der Waals surface area (Å²) in [6, 6.07) is 7.38. The van der Waals surface area contributed by atoms with Gasteiger partial charge in [-0.15, -0.1) is 0 Å². The van der Waals surface area contributed by atoms with Crippen molar-refractivity contribution >= 4 is 21.8 Å². The Morgan fingerprint density at radius 3 is 2.67 bits per heavy atom. The second-order valence-corrected chi connectivity index (χ2v) is 4.77. The van der Waals surface area contributed by atoms with Crippen molar-refractivity contribution in [1.29, 1.82) is 0 Å². The van der Waals surface area contributed by atoms with Crippen molar-refractivity contribution in [3.8, 4) is 5.75 Å². The first-order chi connectivity index (χ1) is 8.63. The first-order valence-electron chi connectivity index (χ1n) is 5.82. The molecule has 0 radical (unpaired) electrons. The van der Waals surface area contributed by atoms with Gasteiger partial charge in [0.1, 0.15) is 5.75 Å². The fourth-order valence-corrected chi connectivity index (χ4v) is 1.61. The molecule has 18 heavy (non-hydrogen) atoms. The van der Waals surface area contributed by atoms with Gasteiger partial charge in [0.25, 0.3) is 5.91 Å². The van der Waals surface area contributed by atoms with Crippen LogP contribution in [0.4, 0.5) is 0 Å². The average Bonchev–Trinajstić information content (AvgIpc) is 2.37. The zero-order chi connectivity index (χ0) is 13.4. The van der Waals surface area contributed by atoms with Crippen molar-refractivity contribution in [1.82, 2.24) is 5.32 Å². The Kier molecular flexibility index (Phi) is 6.75. The number of ether oxygens (including phenoxy) is 2. The SMILES string of the molecule is COCCCNC(=O)[C@H](C)Oc1ccc(Br)cc1. The molecule has 0 fully saturated rings. The highest BCUT2D eigenvalue weighted by molar-refractivity contribution is 9.10. The minimum Gasteiger partial charge on any atom is -0.481 e. The maximum absolute atomic E-state index is 11.7. The highest BCUT2D eigenvalue weighted by atomic mass is 79.9. The maximum Gasteiger partial charge on any atom is 0.260 e. The van der Waals surface area contributed by atoms with Gasteiger partial charge in [-0.25, -0.2) is 0 Å². The lowest BCUT2D eigenvalue weighted by atomic mass is 10.3. The van der Waals surface area contributed by atoms with Crippen LogP contribution in [0.1, 0.15) is 13.3 Å². The van der Waals surface area contributed by atoms with Crippen molar-refractivity contribution < 1.29 is 14.3 Å². The van der Waals surface area contributed by atoms with Gasteiger partial charge < -0.3 is 14.8 Å². The van der Waals surface area contributed by atoms with Crippen molar-refractivity contribution in [2.45, 2.75) is 19.4 Å². The van der Waals surface area contributed by atoms with E-state index in [1.807, 2.05) is 24.3 Å². The summed E-state index contributed by atoms with van der Waals surface area (Å²) < 4.78 is 11.4. The summed E-state index contributed by atoms with van der Waals surface area (Å²) in [5, 5.41) is 2.80. The predicted molar refractivity (Wildman–Crippen MR) is 73.7 cm³/mol. The smallest absolute Gasteiger partial charge is 0.260 e. The number of amides is 1. The van der Waals surface area contributed by atoms with E-state index in [9.17, 15) is 4.79 Å². The number of benzene rings is 1. The Hall–Kier alpha value is -1.07. The molecular formula is C13H18BrNO3. The summed E-state index contributed by atoms with van der Waals surface area (Å²) >= 11 is 3.34. The van der Waals surface area contributed by atoms with E-state index in [0.717, 1.165) is 10.9 Å². The van der Waals surface area contributed by atoms with E-state index in [4.69, 9.17) is 9.47 Å². The van der Waals surface area contributed by atoms with Gasteiger partial charge in [-0.05, 0) is 37.6 Å². The molecule has 0 aliphatic heterocycles. The van der Waals surface area contributed by atoms with Crippen LogP contribution in [0.25, 0.3) is 0 Å². The molecule has 0 spiro atoms. The summed E-state index contributed by atoms with van der Waals surface area (Å²) in [7, 11) is 1.64. The Morgan fingerprint density at radius 2 is 2.06 bits per heavy atom. The third kappa shape index (κ3) is 5.51. The molecule has 1 aromatic carbocycles. The van der Waals surface area contributed by atoms with Crippen LogP contribution in [-0.2, 0) is 9.53 Å². The quantitative estimate of drug-likeness (QED) is 0.786. The zero-order valence-corrected chi connectivity index (χ0v) is 12.2. The summed E-state index contributed by atoms with van der Waals surface area (Å²) in [6.07, 6.45) is 0.293. The second kappa shape index (κ2) is 8.11. The molecule has 0 bridgehead atoms. The molecule has 100 valence electrons. The number of rotatable bonds is 7. The molecule has 4 nitrogen and oxygen atoms in total. The van der Waals surface area contributed by atoms with Crippen LogP contribution in [0.2, 0.25) is 0 Å². The Morgan fingerprint density at radius 1 is 1.39 bits per heavy atom. The summed E-state index contributed by atoms with van der Waals surface area (Å²) in [6.45, 7) is 2.97. The largest absolute Gasteiger partial charge is 0.481 e. The van der Waals surface area contributed by atoms with Gasteiger partial charge in [-0.3, -0.25) is 4.79 Å². The molecule has 0 heterocycles. The number of hydrogen-bond acceptors (Lipinski definition) is 3. The molecule has 0 aliphatic rings. The lowest BCUT2D eigenvalue weighted by Gasteiger charge is -2.14. The molecule has 0 saturated carbocycles. The van der Waals surface area contributed by atoms with E-state index in [0.29, 0.717) is 18.9 Å². The number of nitrogens with one attached hydrogen (secondary N) is 1. The van der Waals surface area contributed by atoms with Gasteiger partial charge in [0.05, 0.1) is 0 Å². The van der Waals surface area contributed by atoms with Crippen LogP contribution >= 0.6 is 15.9 Å². The first kappa shape index (κ1) is 15.0. The van der Waals surface area contributed by atoms with Crippen molar-refractivity contribution in [2.75, 3.05) is 20.3 Å². The topological polar surface area (TPSA) is 47.6 Å². The van der Waals surface area contributed by atoms with E-state index in [2.05, 4.69) is 21.2 Å². The van der Waals surface area contributed by atoms with Gasteiger partial charge in [-0.1, -0.05) is 15.9 Å². The van der Waals surface area contributed by atoms with Crippen LogP contribution in [0.15, 0.2) is 28.7 Å². The van der Waals surface area contributed by atoms with Crippen LogP contribution in [-0.4, -0.2) is 32.3 Å². The normalized spacial score (nSPS) is 11.9. The molecule has 0 saturated heterocycles. The lowest BCUT2D eigenvalue weighted by molar-refractivity contribution is -0.127. The molecule has 0 aliphatic carbocycles. The second-order valence-electron chi connectivity index (χ2n) is 3.85. The van der Waals surface area contributed by atoms with Crippen LogP contribution < -0.4 is 10.1 Å². The van der Waals surface area contributed by atoms with Gasteiger partial charge in [-0.2, -0.15) is 0 Å².